The second kappa shape index (κ2) is 8.75. The van der Waals surface area contributed by atoms with Gasteiger partial charge in [0.2, 0.25) is 11.9 Å². The van der Waals surface area contributed by atoms with E-state index in [0.29, 0.717) is 24.3 Å². The molecule has 0 saturated carbocycles. The molecule has 0 saturated heterocycles. The number of nitrogens with two attached hydrogens (primary N) is 1. The third-order valence-corrected chi connectivity index (χ3v) is 4.22. The molecule has 29 heavy (non-hydrogen) atoms. The van der Waals surface area contributed by atoms with Crippen LogP contribution in [0, 0.1) is 0 Å². The lowest BCUT2D eigenvalue weighted by Gasteiger charge is -2.15. The highest BCUT2D eigenvalue weighted by Gasteiger charge is 2.18. The van der Waals surface area contributed by atoms with Gasteiger partial charge in [-0.3, -0.25) is 24.2 Å². The normalized spacial score (nSPS) is 10.7. The lowest BCUT2D eigenvalue weighted by atomic mass is 10.2. The molecular weight excluding hydrogens is 398 g/mol. The van der Waals surface area contributed by atoms with E-state index in [2.05, 4.69) is 37.8 Å². The van der Waals surface area contributed by atoms with Crippen molar-refractivity contribution >= 4 is 41.5 Å². The third kappa shape index (κ3) is 4.22. The molecule has 0 aliphatic heterocycles. The van der Waals surface area contributed by atoms with Crippen LogP contribution in [0.5, 0.6) is 11.5 Å². The molecule has 3 aromatic rings. The Kier molecular flexibility index (Phi) is 6.14. The minimum atomic E-state index is -0.543. The molecule has 0 aliphatic carbocycles. The van der Waals surface area contributed by atoms with E-state index in [1.807, 2.05) is 0 Å². The van der Waals surface area contributed by atoms with E-state index in [4.69, 9.17) is 15.2 Å². The summed E-state index contributed by atoms with van der Waals surface area (Å²) in [6, 6.07) is 3.22. The van der Waals surface area contributed by atoms with Crippen molar-refractivity contribution in [1.29, 1.82) is 0 Å². The fourth-order valence-corrected chi connectivity index (χ4v) is 2.64. The van der Waals surface area contributed by atoms with Crippen molar-refractivity contribution < 1.29 is 14.3 Å². The summed E-state index contributed by atoms with van der Waals surface area (Å²) in [6.45, 7) is 0.830. The second-order valence-electron chi connectivity index (χ2n) is 5.83. The maximum Gasteiger partial charge on any atom is 0.262 e. The summed E-state index contributed by atoms with van der Waals surface area (Å²) in [5.74, 6) is 0.220. The van der Waals surface area contributed by atoms with Crippen molar-refractivity contribution in [3.05, 3.63) is 40.4 Å². The van der Waals surface area contributed by atoms with Gasteiger partial charge in [0.25, 0.3) is 11.5 Å². The molecule has 12 heteroatoms. The minimum absolute atomic E-state index is 0.0248. The Morgan fingerprint density at radius 1 is 1.31 bits per heavy atom. The minimum Gasteiger partial charge on any atom is -0.491 e. The summed E-state index contributed by atoms with van der Waals surface area (Å²) in [5, 5.41) is 2.90. The van der Waals surface area contributed by atoms with E-state index in [1.165, 1.54) is 31.1 Å². The molecule has 0 unspecified atom stereocenters. The van der Waals surface area contributed by atoms with Gasteiger partial charge in [-0.05, 0) is 12.1 Å². The van der Waals surface area contributed by atoms with E-state index in [9.17, 15) is 9.59 Å². The van der Waals surface area contributed by atoms with Crippen LogP contribution in [0.3, 0.4) is 0 Å². The number of nitrogens with zero attached hydrogens (tertiary/aromatic N) is 4. The number of rotatable bonds is 7. The highest BCUT2D eigenvalue weighted by Crippen LogP contribution is 2.33. The summed E-state index contributed by atoms with van der Waals surface area (Å²) >= 11 is 3.91. The smallest absolute Gasteiger partial charge is 0.262 e. The molecule has 0 bridgehead atoms. The van der Waals surface area contributed by atoms with Gasteiger partial charge in [0.05, 0.1) is 18.1 Å². The molecule has 1 aromatic carbocycles. The second-order valence-corrected chi connectivity index (χ2v) is 6.15. The predicted octanol–water partition coefficient (Wildman–Crippen LogP) is 0.380. The van der Waals surface area contributed by atoms with Gasteiger partial charge in [-0.25, -0.2) is 15.0 Å². The number of aromatic nitrogens is 4. The molecule has 0 atom stereocenters. The molecular formula is C17H19N7O4S. The first-order chi connectivity index (χ1) is 14.0. The van der Waals surface area contributed by atoms with Crippen molar-refractivity contribution in [3.8, 4) is 11.5 Å². The van der Waals surface area contributed by atoms with Gasteiger partial charge in [0.15, 0.2) is 11.5 Å². The number of benzene rings is 1. The molecule has 0 radical (unpaired) electrons. The molecule has 3 rings (SSSR count). The third-order valence-electron chi connectivity index (χ3n) is 4.00. The first kappa shape index (κ1) is 20.4. The van der Waals surface area contributed by atoms with Crippen LogP contribution in [0.15, 0.2) is 29.3 Å². The number of amides is 1. The van der Waals surface area contributed by atoms with Gasteiger partial charge in [0, 0.05) is 26.0 Å². The summed E-state index contributed by atoms with van der Waals surface area (Å²) in [7, 11) is 2.95. The van der Waals surface area contributed by atoms with E-state index in [0.717, 1.165) is 0 Å². The number of nitrogen functional groups attached to an aromatic ring is 1. The summed E-state index contributed by atoms with van der Waals surface area (Å²) in [4.78, 5) is 37.2. The van der Waals surface area contributed by atoms with E-state index < -0.39 is 5.91 Å². The molecule has 2 aromatic heterocycles. The number of nitrogens with one attached hydrogen (secondary N) is 2. The van der Waals surface area contributed by atoms with Crippen LogP contribution in [-0.4, -0.2) is 45.7 Å². The topological polar surface area (TPSA) is 146 Å². The molecule has 0 fully saturated rings. The van der Waals surface area contributed by atoms with Gasteiger partial charge in [-0.15, -0.1) is 0 Å². The Labute approximate surface area is 170 Å². The lowest BCUT2D eigenvalue weighted by Crippen LogP contribution is -2.25. The number of carbonyl (C=O) groups is 1. The maximum absolute atomic E-state index is 12.8. The molecule has 11 nitrogen and oxygen atoms in total. The monoisotopic (exact) mass is 417 g/mol. The van der Waals surface area contributed by atoms with Crippen LogP contribution in [0.25, 0.3) is 10.9 Å². The zero-order valence-corrected chi connectivity index (χ0v) is 16.6. The fraction of sp³-hybridized carbons (Fsp3) is 0.235. The average Bonchev–Trinajstić information content (AvgIpc) is 2.72. The van der Waals surface area contributed by atoms with Gasteiger partial charge in [0.1, 0.15) is 12.1 Å². The number of fused-ring (bicyclic) bond motifs is 1. The quantitative estimate of drug-likeness (QED) is 0.316. The lowest BCUT2D eigenvalue weighted by molar-refractivity contribution is 0.102. The Morgan fingerprint density at radius 2 is 2.03 bits per heavy atom. The predicted molar refractivity (Wildman–Crippen MR) is 110 cm³/mol. The number of anilines is 2. The average molecular weight is 417 g/mol. The van der Waals surface area contributed by atoms with E-state index in [1.54, 1.807) is 12.1 Å². The number of hydrogen-bond acceptors (Lipinski definition) is 10. The summed E-state index contributed by atoms with van der Waals surface area (Å²) in [6.07, 6.45) is 2.55. The van der Waals surface area contributed by atoms with Gasteiger partial charge < -0.3 is 15.2 Å². The zero-order valence-electron chi connectivity index (χ0n) is 15.7. The Balaban J connectivity index is 2.03. The van der Waals surface area contributed by atoms with Crippen molar-refractivity contribution in [2.75, 3.05) is 31.3 Å². The van der Waals surface area contributed by atoms with Crippen molar-refractivity contribution in [3.63, 3.8) is 0 Å². The zero-order chi connectivity index (χ0) is 21.0. The van der Waals surface area contributed by atoms with Crippen LogP contribution in [0.1, 0.15) is 10.4 Å². The number of hydrogen-bond donors (Lipinski definition) is 4. The van der Waals surface area contributed by atoms with Crippen molar-refractivity contribution in [1.82, 2.24) is 24.2 Å². The fourth-order valence-electron chi connectivity index (χ4n) is 2.55. The Morgan fingerprint density at radius 3 is 2.69 bits per heavy atom. The van der Waals surface area contributed by atoms with Crippen LogP contribution in [0.4, 0.5) is 11.9 Å². The van der Waals surface area contributed by atoms with Crippen LogP contribution < -0.4 is 30.8 Å². The van der Waals surface area contributed by atoms with Crippen molar-refractivity contribution in [2.45, 2.75) is 0 Å². The standard InChI is InChI=1S/C17H19N7O4S/c1-24-15(26)10-3-4-11(28-6-5-21-29)13(27-2)12(10)22-17(24)23-14(25)9-7-19-16(18)20-8-9/h3-4,7-8,21,29H,5-6H2,1-2H3,(H2,18,19,20)(H,22,23,25). The number of ether oxygens (including phenoxy) is 2. The summed E-state index contributed by atoms with van der Waals surface area (Å²) in [5.41, 5.74) is 5.49. The Bertz CT molecular complexity index is 1100. The van der Waals surface area contributed by atoms with E-state index >= 15 is 0 Å². The first-order valence-electron chi connectivity index (χ1n) is 8.42. The molecule has 0 spiro atoms. The number of carbonyl (C=O) groups excluding carboxylic acids is 1. The molecule has 0 aliphatic rings. The molecule has 2 heterocycles. The Hall–Kier alpha value is -3.38. The van der Waals surface area contributed by atoms with Gasteiger partial charge in [-0.1, -0.05) is 12.8 Å². The SMILES string of the molecule is COc1c(OCCNS)ccc2c(=O)n(C)c(NC(=O)c3cnc(N)nc3)nc12. The van der Waals surface area contributed by atoms with Crippen LogP contribution in [0.2, 0.25) is 0 Å². The van der Waals surface area contributed by atoms with Crippen molar-refractivity contribution in [2.24, 2.45) is 7.05 Å². The largest absolute Gasteiger partial charge is 0.491 e. The van der Waals surface area contributed by atoms with Crippen LogP contribution in [-0.2, 0) is 7.05 Å². The first-order valence-corrected chi connectivity index (χ1v) is 8.87. The van der Waals surface area contributed by atoms with Crippen LogP contribution >= 0.6 is 12.8 Å². The summed E-state index contributed by atoms with van der Waals surface area (Å²) < 4.78 is 15.0. The maximum atomic E-state index is 12.8. The molecule has 4 N–H and O–H groups in total. The van der Waals surface area contributed by atoms with E-state index in [-0.39, 0.29) is 34.3 Å². The highest BCUT2D eigenvalue weighted by molar-refractivity contribution is 7.78. The highest BCUT2D eigenvalue weighted by atomic mass is 32.1. The number of thiol groups is 1. The molecule has 152 valence electrons. The van der Waals surface area contributed by atoms with Gasteiger partial charge in [-0.2, -0.15) is 0 Å². The molecule has 1 amide bonds. The van der Waals surface area contributed by atoms with Gasteiger partial charge >= 0.3 is 0 Å². The number of methoxy groups -OCH3 is 1.